The Bertz CT molecular complexity index is 850. The third-order valence-electron chi connectivity index (χ3n) is 5.17. The van der Waals surface area contributed by atoms with Crippen LogP contribution in [0, 0.1) is 0 Å². The quantitative estimate of drug-likeness (QED) is 0.673. The van der Waals surface area contributed by atoms with E-state index in [1.54, 1.807) is 19.6 Å². The van der Waals surface area contributed by atoms with Crippen LogP contribution in [0.1, 0.15) is 35.6 Å². The minimum Gasteiger partial charge on any atom is -0.496 e. The van der Waals surface area contributed by atoms with Crippen LogP contribution in [0.2, 0.25) is 0 Å². The van der Waals surface area contributed by atoms with Gasteiger partial charge >= 0.3 is 0 Å². The lowest BCUT2D eigenvalue weighted by Gasteiger charge is -2.32. The lowest BCUT2D eigenvalue weighted by molar-refractivity contribution is 0.198. The van der Waals surface area contributed by atoms with Crippen LogP contribution in [0.15, 0.2) is 55.2 Å². The monoisotopic (exact) mass is 363 g/mol. The molecule has 1 saturated heterocycles. The Morgan fingerprint density at radius 1 is 1.19 bits per heavy atom. The van der Waals surface area contributed by atoms with E-state index >= 15 is 0 Å². The van der Waals surface area contributed by atoms with Crippen LogP contribution in [0.4, 0.5) is 0 Å². The summed E-state index contributed by atoms with van der Waals surface area (Å²) in [7, 11) is 1.72. The first-order chi connectivity index (χ1) is 13.3. The Hall–Kier alpha value is -2.73. The topological polar surface area (TPSA) is 56.1 Å². The highest BCUT2D eigenvalue weighted by Crippen LogP contribution is 2.27. The maximum atomic E-state index is 5.55. The van der Waals surface area contributed by atoms with Gasteiger partial charge in [-0.05, 0) is 49.2 Å². The minimum absolute atomic E-state index is 0.489. The number of aromatic nitrogens is 4. The largest absolute Gasteiger partial charge is 0.496 e. The molecule has 0 bridgehead atoms. The van der Waals surface area contributed by atoms with E-state index in [0.29, 0.717) is 12.5 Å². The first kappa shape index (κ1) is 17.7. The Morgan fingerprint density at radius 2 is 2.15 bits per heavy atom. The van der Waals surface area contributed by atoms with Gasteiger partial charge in [-0.15, -0.1) is 0 Å². The minimum atomic E-state index is 0.489. The van der Waals surface area contributed by atoms with Gasteiger partial charge in [0, 0.05) is 48.9 Å². The van der Waals surface area contributed by atoms with Crippen LogP contribution < -0.4 is 4.74 Å². The number of likely N-dealkylation sites (tertiary alicyclic amines) is 1. The van der Waals surface area contributed by atoms with Crippen LogP contribution in [-0.2, 0) is 13.1 Å². The second-order valence-corrected chi connectivity index (χ2v) is 7.06. The highest BCUT2D eigenvalue weighted by molar-refractivity contribution is 5.37. The summed E-state index contributed by atoms with van der Waals surface area (Å²) in [5.41, 5.74) is 3.62. The van der Waals surface area contributed by atoms with E-state index in [0.717, 1.165) is 36.6 Å². The SMILES string of the molecule is COc1ccc(CN2CCC[C@@H](c3ccncn3)C2)cc1Cn1cccn1. The number of piperidine rings is 1. The van der Waals surface area contributed by atoms with Crippen molar-refractivity contribution in [2.24, 2.45) is 0 Å². The number of hydrogen-bond acceptors (Lipinski definition) is 5. The molecule has 0 saturated carbocycles. The van der Waals surface area contributed by atoms with Crippen molar-refractivity contribution >= 4 is 0 Å². The fourth-order valence-electron chi connectivity index (χ4n) is 3.86. The molecule has 27 heavy (non-hydrogen) atoms. The van der Waals surface area contributed by atoms with Crippen molar-refractivity contribution in [2.75, 3.05) is 20.2 Å². The summed E-state index contributed by atoms with van der Waals surface area (Å²) in [6.07, 6.45) is 9.66. The molecular formula is C21H25N5O. The number of benzene rings is 1. The lowest BCUT2D eigenvalue weighted by atomic mass is 9.94. The summed E-state index contributed by atoms with van der Waals surface area (Å²) in [6.45, 7) is 3.82. The number of hydrogen-bond donors (Lipinski definition) is 0. The molecule has 1 aromatic carbocycles. The van der Waals surface area contributed by atoms with Gasteiger partial charge in [0.1, 0.15) is 12.1 Å². The molecule has 0 amide bonds. The molecule has 0 unspecified atom stereocenters. The van der Waals surface area contributed by atoms with Gasteiger partial charge in [0.25, 0.3) is 0 Å². The fourth-order valence-corrected chi connectivity index (χ4v) is 3.86. The van der Waals surface area contributed by atoms with E-state index in [-0.39, 0.29) is 0 Å². The molecule has 0 N–H and O–H groups in total. The predicted octanol–water partition coefficient (Wildman–Crippen LogP) is 3.11. The molecule has 3 aromatic rings. The van der Waals surface area contributed by atoms with Crippen LogP contribution in [0.25, 0.3) is 0 Å². The van der Waals surface area contributed by atoms with Crippen LogP contribution >= 0.6 is 0 Å². The molecule has 6 heteroatoms. The number of rotatable bonds is 6. The van der Waals surface area contributed by atoms with Gasteiger partial charge in [0.15, 0.2) is 0 Å². The zero-order valence-electron chi connectivity index (χ0n) is 15.7. The average Bonchev–Trinajstić information content (AvgIpc) is 3.22. The Morgan fingerprint density at radius 3 is 2.93 bits per heavy atom. The standard InChI is InChI=1S/C21H25N5O/c1-27-21-6-5-17(12-19(21)15-26-11-3-8-24-26)13-25-10-2-4-18(14-25)20-7-9-22-16-23-20/h3,5-9,11-12,16,18H,2,4,10,13-15H2,1H3/t18-/m1/s1. The highest BCUT2D eigenvalue weighted by atomic mass is 16.5. The van der Waals surface area contributed by atoms with Gasteiger partial charge in [0.05, 0.1) is 13.7 Å². The van der Waals surface area contributed by atoms with E-state index < -0.39 is 0 Å². The first-order valence-corrected chi connectivity index (χ1v) is 9.43. The zero-order chi connectivity index (χ0) is 18.5. The van der Waals surface area contributed by atoms with Gasteiger partial charge < -0.3 is 4.74 Å². The second-order valence-electron chi connectivity index (χ2n) is 7.06. The molecule has 0 radical (unpaired) electrons. The molecular weight excluding hydrogens is 338 g/mol. The summed E-state index contributed by atoms with van der Waals surface area (Å²) in [4.78, 5) is 11.0. The van der Waals surface area contributed by atoms with Gasteiger partial charge in [-0.1, -0.05) is 6.07 Å². The maximum absolute atomic E-state index is 5.55. The van der Waals surface area contributed by atoms with E-state index in [1.807, 2.05) is 29.2 Å². The third-order valence-corrected chi connectivity index (χ3v) is 5.17. The van der Waals surface area contributed by atoms with Gasteiger partial charge in [0.2, 0.25) is 0 Å². The number of ether oxygens (including phenoxy) is 1. The van der Waals surface area contributed by atoms with Crippen LogP contribution in [0.3, 0.4) is 0 Å². The third kappa shape index (κ3) is 4.34. The van der Waals surface area contributed by atoms with Crippen molar-refractivity contribution in [2.45, 2.75) is 31.8 Å². The summed E-state index contributed by atoms with van der Waals surface area (Å²) in [6, 6.07) is 10.5. The first-order valence-electron chi connectivity index (χ1n) is 9.43. The molecule has 1 atom stereocenters. The van der Waals surface area contributed by atoms with Crippen molar-refractivity contribution in [1.29, 1.82) is 0 Å². The van der Waals surface area contributed by atoms with Crippen molar-refractivity contribution in [1.82, 2.24) is 24.6 Å². The van der Waals surface area contributed by atoms with E-state index in [4.69, 9.17) is 4.74 Å². The van der Waals surface area contributed by atoms with Crippen molar-refractivity contribution in [3.8, 4) is 5.75 Å². The number of nitrogens with zero attached hydrogens (tertiary/aromatic N) is 5. The van der Waals surface area contributed by atoms with Gasteiger partial charge in [-0.3, -0.25) is 9.58 Å². The predicted molar refractivity (Wildman–Crippen MR) is 104 cm³/mol. The molecule has 4 rings (SSSR count). The summed E-state index contributed by atoms with van der Waals surface area (Å²) in [5, 5.41) is 4.31. The van der Waals surface area contributed by atoms with Crippen molar-refractivity contribution in [3.63, 3.8) is 0 Å². The van der Waals surface area contributed by atoms with Gasteiger partial charge in [-0.25, -0.2) is 9.97 Å². The van der Waals surface area contributed by atoms with E-state index in [1.165, 1.54) is 18.4 Å². The average molecular weight is 363 g/mol. The molecule has 2 aromatic heterocycles. The highest BCUT2D eigenvalue weighted by Gasteiger charge is 2.22. The molecule has 1 aliphatic rings. The Balaban J connectivity index is 1.47. The second kappa shape index (κ2) is 8.31. The molecule has 0 spiro atoms. The summed E-state index contributed by atoms with van der Waals surface area (Å²) in [5.74, 6) is 1.40. The van der Waals surface area contributed by atoms with E-state index in [2.05, 4.69) is 38.2 Å². The van der Waals surface area contributed by atoms with Crippen molar-refractivity contribution < 1.29 is 4.74 Å². The Kier molecular flexibility index (Phi) is 5.44. The summed E-state index contributed by atoms with van der Waals surface area (Å²) >= 11 is 0. The zero-order valence-corrected chi connectivity index (χ0v) is 15.7. The molecule has 1 fully saturated rings. The molecule has 0 aliphatic carbocycles. The van der Waals surface area contributed by atoms with Gasteiger partial charge in [-0.2, -0.15) is 5.10 Å². The number of methoxy groups -OCH3 is 1. The van der Waals surface area contributed by atoms with Crippen LogP contribution in [0.5, 0.6) is 5.75 Å². The van der Waals surface area contributed by atoms with E-state index in [9.17, 15) is 0 Å². The maximum Gasteiger partial charge on any atom is 0.123 e. The molecule has 140 valence electrons. The lowest BCUT2D eigenvalue weighted by Crippen LogP contribution is -2.34. The normalized spacial score (nSPS) is 17.7. The molecule has 3 heterocycles. The fraction of sp³-hybridized carbons (Fsp3) is 0.381. The summed E-state index contributed by atoms with van der Waals surface area (Å²) < 4.78 is 7.47. The van der Waals surface area contributed by atoms with Crippen molar-refractivity contribution in [3.05, 3.63) is 72.1 Å². The molecule has 6 nitrogen and oxygen atoms in total. The smallest absolute Gasteiger partial charge is 0.123 e. The van der Waals surface area contributed by atoms with Crippen LogP contribution in [-0.4, -0.2) is 44.8 Å². The molecule has 1 aliphatic heterocycles. The Labute approximate surface area is 159 Å².